The third kappa shape index (κ3) is 4.88. The molecule has 3 aromatic rings. The van der Waals surface area contributed by atoms with Crippen molar-refractivity contribution in [2.45, 2.75) is 81.3 Å². The summed E-state index contributed by atoms with van der Waals surface area (Å²) < 4.78 is 41.3. The second-order valence-electron chi connectivity index (χ2n) is 11.9. The number of carbonyl (C=O) groups excluding carboxylic acids is 1. The first-order valence-electron chi connectivity index (χ1n) is 14.4. The Morgan fingerprint density at radius 1 is 1.15 bits per heavy atom. The highest BCUT2D eigenvalue weighted by Gasteiger charge is 2.50. The number of hydrogen-bond acceptors (Lipinski definition) is 7. The lowest BCUT2D eigenvalue weighted by molar-refractivity contribution is 0.0605. The van der Waals surface area contributed by atoms with Crippen molar-refractivity contribution in [3.8, 4) is 6.01 Å². The van der Waals surface area contributed by atoms with E-state index in [1.165, 1.54) is 6.20 Å². The van der Waals surface area contributed by atoms with Crippen LogP contribution in [-0.2, 0) is 11.3 Å². The van der Waals surface area contributed by atoms with Gasteiger partial charge in [0.15, 0.2) is 11.0 Å². The summed E-state index contributed by atoms with van der Waals surface area (Å²) in [5, 5.41) is 0.231. The average Bonchev–Trinajstić information content (AvgIpc) is 3.59. The fraction of sp³-hybridized carbons (Fsp3) is 0.533. The summed E-state index contributed by atoms with van der Waals surface area (Å²) in [5.74, 6) is -0.767. The molecule has 4 aliphatic heterocycles. The van der Waals surface area contributed by atoms with Crippen molar-refractivity contribution >= 4 is 28.6 Å². The third-order valence-electron chi connectivity index (χ3n) is 9.42. The molecule has 1 amide bonds. The number of pyridine rings is 1. The first-order valence-corrected chi connectivity index (χ1v) is 14.8. The van der Waals surface area contributed by atoms with E-state index >= 15 is 4.39 Å². The molecule has 0 aliphatic carbocycles. The predicted molar refractivity (Wildman–Crippen MR) is 148 cm³/mol. The largest absolute Gasteiger partial charge is 0.461 e. The van der Waals surface area contributed by atoms with Gasteiger partial charge >= 0.3 is 12.1 Å². The first kappa shape index (κ1) is 26.8. The van der Waals surface area contributed by atoms with E-state index in [0.717, 1.165) is 37.8 Å². The maximum Gasteiger partial charge on any atom is 0.410 e. The number of piperidine rings is 1. The van der Waals surface area contributed by atoms with Crippen LogP contribution in [0.25, 0.3) is 10.9 Å². The molecule has 7 rings (SSSR count). The standard InChI is InChI=1S/C30H32ClF2N5O3/c31-27-24(33)26-23(14-34-27)25(35-28(36-26)41-17-30-9-4-10-37(30)15-20(32)13-30)19-11-21-7-8-22(12-19)38(21)29(39)40-16-18-5-2-1-3-6-18/h1-3,5-6,14,19-22H,4,7-13,15-17H2/t19?,20-,21-,22+,30+/m1/s1. The number of amides is 1. The fourth-order valence-electron chi connectivity index (χ4n) is 7.55. The molecule has 4 saturated heterocycles. The normalized spacial score (nSPS) is 29.2. The molecule has 0 spiro atoms. The number of hydrogen-bond donors (Lipinski definition) is 0. The second-order valence-corrected chi connectivity index (χ2v) is 12.2. The summed E-state index contributed by atoms with van der Waals surface area (Å²) in [6, 6.07) is 9.68. The number of ether oxygens (including phenoxy) is 2. The van der Waals surface area contributed by atoms with Crippen LogP contribution in [-0.4, -0.2) is 74.3 Å². The van der Waals surface area contributed by atoms with E-state index < -0.39 is 12.0 Å². The summed E-state index contributed by atoms with van der Waals surface area (Å²) in [7, 11) is 0. The van der Waals surface area contributed by atoms with Crippen molar-refractivity contribution in [2.24, 2.45) is 0 Å². The number of aromatic nitrogens is 3. The van der Waals surface area contributed by atoms with E-state index in [4.69, 9.17) is 26.1 Å². The van der Waals surface area contributed by atoms with Gasteiger partial charge in [-0.05, 0) is 50.6 Å². The van der Waals surface area contributed by atoms with Gasteiger partial charge in [0.1, 0.15) is 24.9 Å². The lowest BCUT2D eigenvalue weighted by atomic mass is 9.87. The van der Waals surface area contributed by atoms with E-state index in [9.17, 15) is 9.18 Å². The number of halogens is 3. The van der Waals surface area contributed by atoms with E-state index in [1.54, 1.807) is 0 Å². The summed E-state index contributed by atoms with van der Waals surface area (Å²) in [5.41, 5.74) is 1.28. The van der Waals surface area contributed by atoms with Crippen molar-refractivity contribution in [1.29, 1.82) is 0 Å². The van der Waals surface area contributed by atoms with Crippen molar-refractivity contribution in [1.82, 2.24) is 24.8 Å². The van der Waals surface area contributed by atoms with Crippen molar-refractivity contribution < 1.29 is 23.0 Å². The highest BCUT2D eigenvalue weighted by atomic mass is 35.5. The Labute approximate surface area is 242 Å². The Hall–Kier alpha value is -3.11. The molecule has 1 unspecified atom stereocenters. The van der Waals surface area contributed by atoms with Gasteiger partial charge in [0.2, 0.25) is 0 Å². The second kappa shape index (κ2) is 10.6. The molecule has 0 saturated carbocycles. The summed E-state index contributed by atoms with van der Waals surface area (Å²) in [6.07, 6.45) is 5.65. The van der Waals surface area contributed by atoms with Crippen molar-refractivity contribution in [3.63, 3.8) is 0 Å². The van der Waals surface area contributed by atoms with Crippen LogP contribution in [0.15, 0.2) is 36.5 Å². The van der Waals surface area contributed by atoms with E-state index in [2.05, 4.69) is 14.9 Å². The smallest absolute Gasteiger partial charge is 0.410 e. The number of rotatable bonds is 6. The first-order chi connectivity index (χ1) is 19.9. The highest BCUT2D eigenvalue weighted by molar-refractivity contribution is 6.30. The van der Waals surface area contributed by atoms with Crippen LogP contribution in [0.3, 0.4) is 0 Å². The monoisotopic (exact) mass is 583 g/mol. The molecule has 6 heterocycles. The molecule has 2 bridgehead atoms. The molecule has 5 atom stereocenters. The quantitative estimate of drug-likeness (QED) is 0.338. The molecular formula is C30H32ClF2N5O3. The molecule has 11 heteroatoms. The number of carbonyl (C=O) groups is 1. The molecule has 8 nitrogen and oxygen atoms in total. The zero-order valence-electron chi connectivity index (χ0n) is 22.6. The number of fused-ring (bicyclic) bond motifs is 4. The van der Waals surface area contributed by atoms with Gasteiger partial charge in [-0.2, -0.15) is 9.97 Å². The minimum atomic E-state index is -0.880. The van der Waals surface area contributed by atoms with Crippen LogP contribution in [0, 0.1) is 5.82 Å². The summed E-state index contributed by atoms with van der Waals surface area (Å²) in [6.45, 7) is 1.73. The van der Waals surface area contributed by atoms with Crippen LogP contribution in [0.4, 0.5) is 13.6 Å². The van der Waals surface area contributed by atoms with Gasteiger partial charge in [0.25, 0.3) is 0 Å². The fourth-order valence-corrected chi connectivity index (χ4v) is 7.69. The van der Waals surface area contributed by atoms with E-state index in [-0.39, 0.29) is 59.5 Å². The van der Waals surface area contributed by atoms with Gasteiger partial charge in [-0.25, -0.2) is 18.6 Å². The molecule has 2 aromatic heterocycles. The molecule has 0 N–H and O–H groups in total. The predicted octanol–water partition coefficient (Wildman–Crippen LogP) is 5.82. The van der Waals surface area contributed by atoms with Crippen LogP contribution in [0.1, 0.15) is 62.1 Å². The van der Waals surface area contributed by atoms with Gasteiger partial charge in [-0.3, -0.25) is 4.90 Å². The zero-order chi connectivity index (χ0) is 28.1. The third-order valence-corrected chi connectivity index (χ3v) is 9.68. The molecule has 4 fully saturated rings. The Balaban J connectivity index is 1.13. The number of benzene rings is 1. The molecule has 1 aromatic carbocycles. The topological polar surface area (TPSA) is 80.7 Å². The van der Waals surface area contributed by atoms with Crippen molar-refractivity contribution in [3.05, 3.63) is 58.8 Å². The van der Waals surface area contributed by atoms with E-state index in [0.29, 0.717) is 36.9 Å². The SMILES string of the molecule is O=C(OCc1ccccc1)N1[C@@H]2CC[C@H]1CC(c1nc(OC[C@@]34CCCN3C[C@H](F)C4)nc3c(F)c(Cl)ncc13)C2. The number of alkyl halides is 1. The Morgan fingerprint density at radius 3 is 2.71 bits per heavy atom. The Bertz CT molecular complexity index is 1450. The highest BCUT2D eigenvalue weighted by Crippen LogP contribution is 2.45. The summed E-state index contributed by atoms with van der Waals surface area (Å²) in [4.78, 5) is 30.4. The Kier molecular flexibility index (Phi) is 6.93. The van der Waals surface area contributed by atoms with Gasteiger partial charge in [-0.1, -0.05) is 41.9 Å². The van der Waals surface area contributed by atoms with Crippen LogP contribution < -0.4 is 4.74 Å². The Morgan fingerprint density at radius 2 is 1.93 bits per heavy atom. The van der Waals surface area contributed by atoms with Crippen molar-refractivity contribution in [2.75, 3.05) is 19.7 Å². The zero-order valence-corrected chi connectivity index (χ0v) is 23.4. The molecule has 4 aliphatic rings. The lowest BCUT2D eigenvalue weighted by Gasteiger charge is -2.38. The summed E-state index contributed by atoms with van der Waals surface area (Å²) >= 11 is 6.04. The van der Waals surface area contributed by atoms with Gasteiger partial charge in [0.05, 0.1) is 11.2 Å². The van der Waals surface area contributed by atoms with E-state index in [1.807, 2.05) is 35.2 Å². The average molecular weight is 584 g/mol. The van der Waals surface area contributed by atoms with Crippen LogP contribution in [0.5, 0.6) is 6.01 Å². The lowest BCUT2D eigenvalue weighted by Crippen LogP contribution is -2.46. The maximum atomic E-state index is 15.2. The minimum absolute atomic E-state index is 0.00701. The maximum absolute atomic E-state index is 15.2. The number of nitrogens with zero attached hydrogens (tertiary/aromatic N) is 5. The molecule has 216 valence electrons. The van der Waals surface area contributed by atoms with Gasteiger partial charge in [0, 0.05) is 42.6 Å². The van der Waals surface area contributed by atoms with Crippen LogP contribution in [0.2, 0.25) is 5.15 Å². The molecule has 0 radical (unpaired) electrons. The minimum Gasteiger partial charge on any atom is -0.461 e. The molecule has 41 heavy (non-hydrogen) atoms. The molecular weight excluding hydrogens is 552 g/mol. The van der Waals surface area contributed by atoms with Crippen LogP contribution >= 0.6 is 11.6 Å². The van der Waals surface area contributed by atoms with Gasteiger partial charge < -0.3 is 14.4 Å². The van der Waals surface area contributed by atoms with Gasteiger partial charge in [-0.15, -0.1) is 0 Å².